The molecule has 0 N–H and O–H groups in total. The number of hydrogen-bond acceptors (Lipinski definition) is 6. The average molecular weight is 357 g/mol. The minimum atomic E-state index is -0.551. The van der Waals surface area contributed by atoms with Gasteiger partial charge in [-0.3, -0.25) is 19.3 Å². The number of benzene rings is 1. The predicted molar refractivity (Wildman–Crippen MR) is 90.1 cm³/mol. The van der Waals surface area contributed by atoms with E-state index in [2.05, 4.69) is 4.74 Å². The summed E-state index contributed by atoms with van der Waals surface area (Å²) >= 11 is 0. The van der Waals surface area contributed by atoms with Crippen molar-refractivity contribution < 1.29 is 28.7 Å². The highest BCUT2D eigenvalue weighted by molar-refractivity contribution is 6.05. The molecule has 7 heteroatoms. The van der Waals surface area contributed by atoms with Crippen LogP contribution in [0.1, 0.15) is 29.6 Å². The molecule has 1 fully saturated rings. The van der Waals surface area contributed by atoms with Gasteiger partial charge in [-0.15, -0.1) is 0 Å². The first kappa shape index (κ1) is 17.8. The molecule has 2 atom stereocenters. The molecule has 7 nitrogen and oxygen atoms in total. The van der Waals surface area contributed by atoms with Crippen molar-refractivity contribution in [2.24, 2.45) is 11.8 Å². The Kier molecular flexibility index (Phi) is 5.16. The largest absolute Gasteiger partial charge is 0.465 e. The van der Waals surface area contributed by atoms with Gasteiger partial charge in [0.1, 0.15) is 5.75 Å². The van der Waals surface area contributed by atoms with Crippen LogP contribution in [0.2, 0.25) is 0 Å². The lowest BCUT2D eigenvalue weighted by Crippen LogP contribution is -2.33. The second-order valence-electron chi connectivity index (χ2n) is 6.22. The number of carbonyl (C=O) groups is 4. The van der Waals surface area contributed by atoms with Gasteiger partial charge in [0.2, 0.25) is 11.8 Å². The zero-order valence-electron chi connectivity index (χ0n) is 14.3. The van der Waals surface area contributed by atoms with E-state index >= 15 is 0 Å². The third-order valence-corrected chi connectivity index (χ3v) is 4.65. The Morgan fingerprint density at radius 3 is 2.15 bits per heavy atom. The molecule has 1 saturated heterocycles. The van der Waals surface area contributed by atoms with Crippen LogP contribution in [0.5, 0.6) is 5.75 Å². The van der Waals surface area contributed by atoms with Gasteiger partial charge in [-0.1, -0.05) is 12.2 Å². The maximum absolute atomic E-state index is 12.3. The molecule has 0 spiro atoms. The monoisotopic (exact) mass is 357 g/mol. The van der Waals surface area contributed by atoms with E-state index in [4.69, 9.17) is 4.74 Å². The minimum absolute atomic E-state index is 0.0176. The van der Waals surface area contributed by atoms with Gasteiger partial charge in [-0.05, 0) is 37.1 Å². The van der Waals surface area contributed by atoms with Crippen molar-refractivity contribution >= 4 is 23.8 Å². The molecular formula is C19H19NO6. The van der Waals surface area contributed by atoms with Gasteiger partial charge in [0.25, 0.3) is 0 Å². The molecule has 2 amide bonds. The number of ether oxygens (including phenoxy) is 2. The Labute approximate surface area is 150 Å². The molecule has 3 rings (SSSR count). The van der Waals surface area contributed by atoms with Crippen molar-refractivity contribution in [3.8, 4) is 5.75 Å². The number of nitrogens with zero attached hydrogens (tertiary/aromatic N) is 1. The van der Waals surface area contributed by atoms with Crippen LogP contribution in [0.15, 0.2) is 36.4 Å². The maximum Gasteiger partial charge on any atom is 0.337 e. The van der Waals surface area contributed by atoms with Crippen LogP contribution in [0, 0.1) is 11.8 Å². The molecule has 0 radical (unpaired) electrons. The van der Waals surface area contributed by atoms with Gasteiger partial charge in [-0.25, -0.2) is 4.79 Å². The van der Waals surface area contributed by atoms with Crippen molar-refractivity contribution in [3.63, 3.8) is 0 Å². The molecule has 26 heavy (non-hydrogen) atoms. The quantitative estimate of drug-likeness (QED) is 0.345. The van der Waals surface area contributed by atoms with E-state index in [-0.39, 0.29) is 42.4 Å². The lowest BCUT2D eigenvalue weighted by molar-refractivity contribution is -0.141. The number of rotatable bonds is 5. The third kappa shape index (κ3) is 3.51. The Hall–Kier alpha value is -2.96. The van der Waals surface area contributed by atoms with Crippen LogP contribution < -0.4 is 4.74 Å². The van der Waals surface area contributed by atoms with Gasteiger partial charge in [0.15, 0.2) is 0 Å². The van der Waals surface area contributed by atoms with Crippen LogP contribution in [-0.2, 0) is 19.1 Å². The Bertz CT molecular complexity index is 741. The standard InChI is InChI=1S/C19H19NO6/c1-25-19(24)12-6-8-13(9-7-12)26-16(21)10-11-20-17(22)14-4-2-3-5-15(14)18(20)23/h2-3,6-9,14-15H,4-5,10-11H2,1H3/t14-,15-/m1/s1. The fourth-order valence-corrected chi connectivity index (χ4v) is 3.25. The van der Waals surface area contributed by atoms with Crippen LogP contribution in [0.3, 0.4) is 0 Å². The van der Waals surface area contributed by atoms with Gasteiger partial charge in [-0.2, -0.15) is 0 Å². The number of methoxy groups -OCH3 is 1. The summed E-state index contributed by atoms with van der Waals surface area (Å²) in [5, 5.41) is 0. The normalized spacial score (nSPS) is 21.5. The fourth-order valence-electron chi connectivity index (χ4n) is 3.25. The van der Waals surface area contributed by atoms with Crippen molar-refractivity contribution in [2.45, 2.75) is 19.3 Å². The molecule has 2 aliphatic rings. The smallest absolute Gasteiger partial charge is 0.337 e. The summed E-state index contributed by atoms with van der Waals surface area (Å²) in [6.07, 6.45) is 4.90. The third-order valence-electron chi connectivity index (χ3n) is 4.65. The molecule has 1 aromatic rings. The molecule has 0 bridgehead atoms. The van der Waals surface area contributed by atoms with Crippen molar-refractivity contribution in [2.75, 3.05) is 13.7 Å². The van der Waals surface area contributed by atoms with Crippen LogP contribution in [0.4, 0.5) is 0 Å². The van der Waals surface area contributed by atoms with Gasteiger partial charge < -0.3 is 9.47 Å². The maximum atomic E-state index is 12.3. The summed E-state index contributed by atoms with van der Waals surface area (Å²) < 4.78 is 9.77. The zero-order valence-corrected chi connectivity index (χ0v) is 14.3. The number of fused-ring (bicyclic) bond motifs is 1. The van der Waals surface area contributed by atoms with E-state index in [1.165, 1.54) is 36.3 Å². The number of carbonyl (C=O) groups excluding carboxylic acids is 4. The molecule has 136 valence electrons. The zero-order chi connectivity index (χ0) is 18.7. The van der Waals surface area contributed by atoms with Crippen molar-refractivity contribution in [1.82, 2.24) is 4.90 Å². The van der Waals surface area contributed by atoms with Crippen molar-refractivity contribution in [1.29, 1.82) is 0 Å². The summed E-state index contributed by atoms with van der Waals surface area (Å²) in [6, 6.07) is 5.94. The fraction of sp³-hybridized carbons (Fsp3) is 0.368. The number of imide groups is 1. The summed E-state index contributed by atoms with van der Waals surface area (Å²) in [5.41, 5.74) is 0.344. The molecule has 1 aliphatic carbocycles. The van der Waals surface area contributed by atoms with E-state index in [9.17, 15) is 19.2 Å². The molecule has 0 unspecified atom stereocenters. The topological polar surface area (TPSA) is 90.0 Å². The first-order valence-corrected chi connectivity index (χ1v) is 8.40. The predicted octanol–water partition coefficient (Wildman–Crippen LogP) is 1.72. The van der Waals surface area contributed by atoms with Crippen molar-refractivity contribution in [3.05, 3.63) is 42.0 Å². The highest BCUT2D eigenvalue weighted by Gasteiger charge is 2.46. The first-order chi connectivity index (χ1) is 12.5. The lowest BCUT2D eigenvalue weighted by Gasteiger charge is -2.14. The van der Waals surface area contributed by atoms with Crippen LogP contribution >= 0.6 is 0 Å². The highest BCUT2D eigenvalue weighted by Crippen LogP contribution is 2.35. The number of likely N-dealkylation sites (tertiary alicyclic amines) is 1. The average Bonchev–Trinajstić information content (AvgIpc) is 2.91. The number of hydrogen-bond donors (Lipinski definition) is 0. The second kappa shape index (κ2) is 7.51. The summed E-state index contributed by atoms with van der Waals surface area (Å²) in [5.74, 6) is -1.77. The number of allylic oxidation sites excluding steroid dienone is 2. The van der Waals surface area contributed by atoms with E-state index in [1.54, 1.807) is 0 Å². The highest BCUT2D eigenvalue weighted by atomic mass is 16.5. The van der Waals surface area contributed by atoms with E-state index in [0.717, 1.165) is 0 Å². The van der Waals surface area contributed by atoms with Gasteiger partial charge in [0, 0.05) is 6.54 Å². The molecule has 0 saturated carbocycles. The van der Waals surface area contributed by atoms with E-state index in [1.807, 2.05) is 12.2 Å². The molecular weight excluding hydrogens is 338 g/mol. The SMILES string of the molecule is COC(=O)c1ccc(OC(=O)CCN2C(=O)[C@@H]3CC=CC[C@H]3C2=O)cc1. The number of amides is 2. The van der Waals surface area contributed by atoms with Gasteiger partial charge >= 0.3 is 11.9 Å². The first-order valence-electron chi connectivity index (χ1n) is 8.40. The van der Waals surface area contributed by atoms with Gasteiger partial charge in [0.05, 0.1) is 30.9 Å². The molecule has 1 aliphatic heterocycles. The summed E-state index contributed by atoms with van der Waals surface area (Å²) in [7, 11) is 1.28. The summed E-state index contributed by atoms with van der Waals surface area (Å²) in [6.45, 7) is 0.0176. The van der Waals surface area contributed by atoms with Crippen LogP contribution in [-0.4, -0.2) is 42.3 Å². The Balaban J connectivity index is 1.53. The molecule has 1 heterocycles. The molecule has 1 aromatic carbocycles. The lowest BCUT2D eigenvalue weighted by atomic mass is 9.85. The number of esters is 2. The molecule has 0 aromatic heterocycles. The van der Waals surface area contributed by atoms with E-state index in [0.29, 0.717) is 18.4 Å². The van der Waals surface area contributed by atoms with Crippen LogP contribution in [0.25, 0.3) is 0 Å². The Morgan fingerprint density at radius 2 is 1.62 bits per heavy atom. The minimum Gasteiger partial charge on any atom is -0.465 e. The Morgan fingerprint density at radius 1 is 1.04 bits per heavy atom. The second-order valence-corrected chi connectivity index (χ2v) is 6.22. The summed E-state index contributed by atoms with van der Waals surface area (Å²) in [4.78, 5) is 49.2. The van der Waals surface area contributed by atoms with E-state index < -0.39 is 11.9 Å².